The predicted octanol–water partition coefficient (Wildman–Crippen LogP) is 4.28. The van der Waals surface area contributed by atoms with Gasteiger partial charge in [-0.15, -0.1) is 0 Å². The number of nitrogens with one attached hydrogen (secondary N) is 1. The van der Waals surface area contributed by atoms with E-state index in [-0.39, 0.29) is 17.6 Å². The Hall–Kier alpha value is -2.40. The Kier molecular flexibility index (Phi) is 5.91. The van der Waals surface area contributed by atoms with Crippen molar-refractivity contribution in [2.75, 3.05) is 36.4 Å². The summed E-state index contributed by atoms with van der Waals surface area (Å²) < 4.78 is 14.5. The highest BCUT2D eigenvalue weighted by Gasteiger charge is 2.26. The summed E-state index contributed by atoms with van der Waals surface area (Å²) in [6.45, 7) is 4.43. The number of likely N-dealkylation sites (tertiary alicyclic amines) is 1. The van der Waals surface area contributed by atoms with Crippen LogP contribution in [-0.4, -0.2) is 37.0 Å². The van der Waals surface area contributed by atoms with Crippen LogP contribution in [0.1, 0.15) is 31.2 Å². The molecule has 1 unspecified atom stereocenters. The zero-order valence-corrected chi connectivity index (χ0v) is 16.2. The Bertz CT molecular complexity index is 805. The number of benzene rings is 2. The van der Waals surface area contributed by atoms with E-state index in [1.165, 1.54) is 11.6 Å². The van der Waals surface area contributed by atoms with Gasteiger partial charge in [0, 0.05) is 31.9 Å². The Labute approximate surface area is 166 Å². The van der Waals surface area contributed by atoms with E-state index < -0.39 is 0 Å². The molecule has 2 aliphatic heterocycles. The number of piperidine rings is 1. The molecule has 2 saturated heterocycles. The van der Waals surface area contributed by atoms with E-state index in [1.54, 1.807) is 6.07 Å². The molecule has 2 aromatic rings. The number of halogens is 1. The summed E-state index contributed by atoms with van der Waals surface area (Å²) in [5, 5.41) is 2.93. The third kappa shape index (κ3) is 4.53. The molecule has 28 heavy (non-hydrogen) atoms. The zero-order valence-electron chi connectivity index (χ0n) is 16.2. The smallest absolute Gasteiger partial charge is 0.228 e. The van der Waals surface area contributed by atoms with E-state index in [9.17, 15) is 9.18 Å². The molecule has 2 fully saturated rings. The molecule has 1 amide bonds. The summed E-state index contributed by atoms with van der Waals surface area (Å²) in [6.07, 6.45) is 4.11. The lowest BCUT2D eigenvalue weighted by atomic mass is 9.96. The first kappa shape index (κ1) is 18.9. The molecule has 2 aliphatic rings. The molecule has 0 aliphatic carbocycles. The van der Waals surface area contributed by atoms with Gasteiger partial charge in [0.1, 0.15) is 5.82 Å². The van der Waals surface area contributed by atoms with Crippen LogP contribution in [0, 0.1) is 11.7 Å². The number of rotatable bonds is 5. The molecule has 5 heteroatoms. The van der Waals surface area contributed by atoms with Gasteiger partial charge in [0.2, 0.25) is 5.91 Å². The number of carbonyl (C=O) groups is 1. The molecule has 4 nitrogen and oxygen atoms in total. The first-order valence-electron chi connectivity index (χ1n) is 10.3. The molecule has 0 bridgehead atoms. The highest BCUT2D eigenvalue weighted by molar-refractivity contribution is 5.93. The van der Waals surface area contributed by atoms with Crippen molar-refractivity contribution in [2.24, 2.45) is 5.92 Å². The van der Waals surface area contributed by atoms with Crippen LogP contribution in [0.3, 0.4) is 0 Å². The molecule has 0 saturated carbocycles. The van der Waals surface area contributed by atoms with Gasteiger partial charge >= 0.3 is 0 Å². The van der Waals surface area contributed by atoms with E-state index in [4.69, 9.17) is 0 Å². The van der Waals surface area contributed by atoms with Crippen molar-refractivity contribution in [1.82, 2.24) is 4.90 Å². The van der Waals surface area contributed by atoms with E-state index in [1.807, 2.05) is 24.3 Å². The van der Waals surface area contributed by atoms with Gasteiger partial charge in [-0.2, -0.15) is 0 Å². The summed E-state index contributed by atoms with van der Waals surface area (Å²) >= 11 is 0. The fourth-order valence-corrected chi connectivity index (χ4v) is 4.30. The molecule has 0 radical (unpaired) electrons. The van der Waals surface area contributed by atoms with Gasteiger partial charge in [0.15, 0.2) is 0 Å². The van der Waals surface area contributed by atoms with Crippen LogP contribution in [0.15, 0.2) is 48.5 Å². The Balaban J connectivity index is 1.35. The van der Waals surface area contributed by atoms with Crippen molar-refractivity contribution >= 4 is 17.3 Å². The Morgan fingerprint density at radius 2 is 1.82 bits per heavy atom. The largest absolute Gasteiger partial charge is 0.369 e. The average molecular weight is 381 g/mol. The minimum Gasteiger partial charge on any atom is -0.369 e. The van der Waals surface area contributed by atoms with Crippen molar-refractivity contribution in [1.29, 1.82) is 0 Å². The molecular formula is C23H28FN3O. The van der Waals surface area contributed by atoms with Gasteiger partial charge in [0.25, 0.3) is 0 Å². The third-order valence-electron chi connectivity index (χ3n) is 5.79. The fourth-order valence-electron chi connectivity index (χ4n) is 4.30. The Morgan fingerprint density at radius 3 is 2.57 bits per heavy atom. The highest BCUT2D eigenvalue weighted by atomic mass is 19.1. The summed E-state index contributed by atoms with van der Waals surface area (Å²) in [5.41, 5.74) is 2.45. The first-order valence-corrected chi connectivity index (χ1v) is 10.3. The third-order valence-corrected chi connectivity index (χ3v) is 5.79. The molecule has 2 aromatic carbocycles. The first-order chi connectivity index (χ1) is 13.7. The summed E-state index contributed by atoms with van der Waals surface area (Å²) in [6, 6.07) is 15.4. The highest BCUT2D eigenvalue weighted by Crippen LogP contribution is 2.27. The Morgan fingerprint density at radius 1 is 1.04 bits per heavy atom. The molecule has 1 atom stereocenters. The van der Waals surface area contributed by atoms with Crippen molar-refractivity contribution in [3.05, 3.63) is 59.9 Å². The van der Waals surface area contributed by atoms with Gasteiger partial charge in [-0.3, -0.25) is 9.69 Å². The molecule has 0 spiro atoms. The standard InChI is InChI=1S/C23H28FN3O/c24-21-15-20(10-11-22(21)27-13-4-5-14-27)25-23(28)19-9-6-12-26(17-19)16-18-7-2-1-3-8-18/h1-3,7-8,10-11,15,19H,4-6,9,12-14,16-17H2,(H,25,28). The number of nitrogens with zero attached hydrogens (tertiary/aromatic N) is 2. The van der Waals surface area contributed by atoms with Crippen LogP contribution in [0.4, 0.5) is 15.8 Å². The average Bonchev–Trinajstić information content (AvgIpc) is 3.23. The van der Waals surface area contributed by atoms with Crippen LogP contribution in [0.25, 0.3) is 0 Å². The lowest BCUT2D eigenvalue weighted by molar-refractivity contribution is -0.121. The van der Waals surface area contributed by atoms with E-state index in [0.29, 0.717) is 11.4 Å². The molecule has 0 aromatic heterocycles. The maximum Gasteiger partial charge on any atom is 0.228 e. The van der Waals surface area contributed by atoms with Gasteiger partial charge in [0.05, 0.1) is 11.6 Å². The van der Waals surface area contributed by atoms with Gasteiger partial charge in [-0.1, -0.05) is 30.3 Å². The zero-order chi connectivity index (χ0) is 19.3. The minimum atomic E-state index is -0.256. The van der Waals surface area contributed by atoms with Crippen molar-refractivity contribution in [2.45, 2.75) is 32.2 Å². The molecule has 148 valence electrons. The fraction of sp³-hybridized carbons (Fsp3) is 0.435. The van der Waals surface area contributed by atoms with Crippen molar-refractivity contribution in [3.8, 4) is 0 Å². The minimum absolute atomic E-state index is 0.00826. The SMILES string of the molecule is O=C(Nc1ccc(N2CCCC2)c(F)c1)C1CCCN(Cc2ccccc2)C1. The lowest BCUT2D eigenvalue weighted by Crippen LogP contribution is -2.40. The van der Waals surface area contributed by atoms with E-state index in [2.05, 4.69) is 27.2 Å². The van der Waals surface area contributed by atoms with Crippen LogP contribution >= 0.6 is 0 Å². The number of anilines is 2. The second-order valence-electron chi connectivity index (χ2n) is 7.91. The van der Waals surface area contributed by atoms with Crippen LogP contribution in [0.2, 0.25) is 0 Å². The summed E-state index contributed by atoms with van der Waals surface area (Å²) in [5.74, 6) is -0.320. The molecule has 1 N–H and O–H groups in total. The van der Waals surface area contributed by atoms with Gasteiger partial charge < -0.3 is 10.2 Å². The number of carbonyl (C=O) groups excluding carboxylic acids is 1. The van der Waals surface area contributed by atoms with Gasteiger partial charge in [-0.05, 0) is 56.0 Å². The van der Waals surface area contributed by atoms with Crippen LogP contribution < -0.4 is 10.2 Å². The topological polar surface area (TPSA) is 35.6 Å². The molecule has 4 rings (SSSR count). The van der Waals surface area contributed by atoms with Crippen molar-refractivity contribution < 1.29 is 9.18 Å². The van der Waals surface area contributed by atoms with Crippen molar-refractivity contribution in [3.63, 3.8) is 0 Å². The number of hydrogen-bond donors (Lipinski definition) is 1. The number of amides is 1. The maximum absolute atomic E-state index is 14.5. The summed E-state index contributed by atoms with van der Waals surface area (Å²) in [4.78, 5) is 17.2. The second kappa shape index (κ2) is 8.74. The second-order valence-corrected chi connectivity index (χ2v) is 7.91. The molecular weight excluding hydrogens is 353 g/mol. The maximum atomic E-state index is 14.5. The predicted molar refractivity (Wildman–Crippen MR) is 111 cm³/mol. The van der Waals surface area contributed by atoms with E-state index >= 15 is 0 Å². The van der Waals surface area contributed by atoms with E-state index in [0.717, 1.165) is 58.4 Å². The van der Waals surface area contributed by atoms with Crippen LogP contribution in [0.5, 0.6) is 0 Å². The molecule has 2 heterocycles. The van der Waals surface area contributed by atoms with Gasteiger partial charge in [-0.25, -0.2) is 4.39 Å². The monoisotopic (exact) mass is 381 g/mol. The normalized spacial score (nSPS) is 20.3. The number of hydrogen-bond acceptors (Lipinski definition) is 3. The quantitative estimate of drug-likeness (QED) is 0.840. The lowest BCUT2D eigenvalue weighted by Gasteiger charge is -2.32. The van der Waals surface area contributed by atoms with Crippen LogP contribution in [-0.2, 0) is 11.3 Å². The summed E-state index contributed by atoms with van der Waals surface area (Å²) in [7, 11) is 0.